The van der Waals surface area contributed by atoms with E-state index in [1.165, 1.54) is 0 Å². The fraction of sp³-hybridized carbons (Fsp3) is 0.667. The Hall–Kier alpha value is -1.75. The van der Waals surface area contributed by atoms with Crippen LogP contribution in [-0.4, -0.2) is 46.1 Å². The van der Waals surface area contributed by atoms with Crippen molar-refractivity contribution in [1.82, 2.24) is 5.32 Å². The van der Waals surface area contributed by atoms with Crippen LogP contribution in [0.3, 0.4) is 0 Å². The molecule has 0 spiro atoms. The Morgan fingerprint density at radius 2 is 2.00 bits per heavy atom. The first-order valence-corrected chi connectivity index (χ1v) is 7.00. The number of nitriles is 1. The van der Waals surface area contributed by atoms with Crippen LogP contribution < -0.4 is 5.32 Å². The maximum absolute atomic E-state index is 11.5. The minimum Gasteiger partial charge on any atom is -0.480 e. The van der Waals surface area contributed by atoms with E-state index in [1.54, 1.807) is 20.8 Å². The Bertz CT molecular complexity index is 411. The maximum Gasteiger partial charge on any atom is 0.326 e. The Morgan fingerprint density at radius 3 is 2.45 bits per heavy atom. The van der Waals surface area contributed by atoms with Gasteiger partial charge in [-0.25, -0.2) is 4.79 Å². The lowest BCUT2D eigenvalue weighted by Gasteiger charge is -2.21. The molecule has 1 amide bonds. The molecule has 0 aromatic carbocycles. The Morgan fingerprint density at radius 1 is 1.40 bits per heavy atom. The predicted octanol–water partition coefficient (Wildman–Crippen LogP) is 0.544. The fourth-order valence-electron chi connectivity index (χ4n) is 1.18. The van der Waals surface area contributed by atoms with Crippen molar-refractivity contribution in [3.63, 3.8) is 0 Å². The minimum atomic E-state index is -1.33. The second-order valence-corrected chi connectivity index (χ2v) is 5.89. The molecule has 0 radical (unpaired) electrons. The highest BCUT2D eigenvalue weighted by Crippen LogP contribution is 2.09. The van der Waals surface area contributed by atoms with Crippen molar-refractivity contribution < 1.29 is 24.2 Å². The minimum absolute atomic E-state index is 0.0361. The van der Waals surface area contributed by atoms with Crippen LogP contribution in [-0.2, 0) is 19.1 Å². The van der Waals surface area contributed by atoms with Crippen molar-refractivity contribution in [1.29, 1.82) is 5.26 Å². The van der Waals surface area contributed by atoms with Crippen LogP contribution in [0.5, 0.6) is 0 Å². The standard InChI is InChI=1S/C12H18N2O5S/c1-12(2,3)19-10(16)6-8(11(17)18)14-9(15)7-20-5-4-13/h8H,5-7H2,1-3H3,(H,14,15)(H,17,18)/t8-/m0/s1. The molecular weight excluding hydrogens is 284 g/mol. The van der Waals surface area contributed by atoms with Gasteiger partial charge >= 0.3 is 11.9 Å². The molecule has 0 unspecified atom stereocenters. The molecule has 0 rings (SSSR count). The van der Waals surface area contributed by atoms with Gasteiger partial charge in [0.05, 0.1) is 24.0 Å². The number of nitrogens with zero attached hydrogens (tertiary/aromatic N) is 1. The van der Waals surface area contributed by atoms with Gasteiger partial charge in [-0.2, -0.15) is 5.26 Å². The smallest absolute Gasteiger partial charge is 0.326 e. The molecule has 7 nitrogen and oxygen atoms in total. The average Bonchev–Trinajstić information content (AvgIpc) is 2.25. The number of rotatable bonds is 7. The normalized spacial score (nSPS) is 12.1. The molecule has 20 heavy (non-hydrogen) atoms. The van der Waals surface area contributed by atoms with E-state index in [0.29, 0.717) is 0 Å². The molecule has 0 saturated heterocycles. The predicted molar refractivity (Wildman–Crippen MR) is 73.0 cm³/mol. The van der Waals surface area contributed by atoms with Crippen LogP contribution >= 0.6 is 11.8 Å². The summed E-state index contributed by atoms with van der Waals surface area (Å²) in [5.41, 5.74) is -0.715. The summed E-state index contributed by atoms with van der Waals surface area (Å²) in [4.78, 5) is 34.0. The zero-order valence-electron chi connectivity index (χ0n) is 11.6. The molecule has 0 heterocycles. The zero-order valence-corrected chi connectivity index (χ0v) is 12.5. The zero-order chi connectivity index (χ0) is 15.8. The highest BCUT2D eigenvalue weighted by atomic mass is 32.2. The van der Waals surface area contributed by atoms with Crippen molar-refractivity contribution in [2.75, 3.05) is 11.5 Å². The first-order valence-electron chi connectivity index (χ1n) is 5.84. The molecule has 0 aromatic heterocycles. The van der Waals surface area contributed by atoms with E-state index in [1.807, 2.05) is 6.07 Å². The molecule has 2 N–H and O–H groups in total. The number of carboxylic acid groups (broad SMARTS) is 1. The van der Waals surface area contributed by atoms with E-state index in [9.17, 15) is 14.4 Å². The van der Waals surface area contributed by atoms with Gasteiger partial charge in [-0.3, -0.25) is 9.59 Å². The lowest BCUT2D eigenvalue weighted by Crippen LogP contribution is -2.44. The van der Waals surface area contributed by atoms with E-state index >= 15 is 0 Å². The lowest BCUT2D eigenvalue weighted by atomic mass is 10.1. The maximum atomic E-state index is 11.5. The van der Waals surface area contributed by atoms with Gasteiger partial charge in [-0.05, 0) is 20.8 Å². The third-order valence-corrected chi connectivity index (χ3v) is 2.62. The Balaban J connectivity index is 4.38. The number of amides is 1. The van der Waals surface area contributed by atoms with Gasteiger partial charge in [-0.1, -0.05) is 0 Å². The van der Waals surface area contributed by atoms with Crippen LogP contribution in [0.1, 0.15) is 27.2 Å². The molecule has 0 saturated carbocycles. The summed E-state index contributed by atoms with van der Waals surface area (Å²) in [6.07, 6.45) is -0.443. The first-order chi connectivity index (χ1) is 9.15. The van der Waals surface area contributed by atoms with Gasteiger partial charge in [0.1, 0.15) is 11.6 Å². The number of carbonyl (C=O) groups excluding carboxylic acids is 2. The van der Waals surface area contributed by atoms with Crippen LogP contribution in [0.4, 0.5) is 0 Å². The number of esters is 1. The summed E-state index contributed by atoms with van der Waals surface area (Å²) in [6, 6.07) is 0.516. The summed E-state index contributed by atoms with van der Waals surface area (Å²) in [5, 5.41) is 19.5. The van der Waals surface area contributed by atoms with Crippen LogP contribution in [0.15, 0.2) is 0 Å². The average molecular weight is 302 g/mol. The topological polar surface area (TPSA) is 116 Å². The summed E-state index contributed by atoms with van der Waals surface area (Å²) < 4.78 is 5.00. The van der Waals surface area contributed by atoms with Crippen molar-refractivity contribution in [3.8, 4) is 6.07 Å². The quantitative estimate of drug-likeness (QED) is 0.521. The highest BCUT2D eigenvalue weighted by molar-refractivity contribution is 8.00. The molecule has 0 fully saturated rings. The van der Waals surface area contributed by atoms with Gasteiger partial charge in [0.2, 0.25) is 5.91 Å². The molecule has 0 aliphatic rings. The summed E-state index contributed by atoms with van der Waals surface area (Å²) in [6.45, 7) is 4.99. The van der Waals surface area contributed by atoms with E-state index in [0.717, 1.165) is 11.8 Å². The molecule has 112 valence electrons. The van der Waals surface area contributed by atoms with E-state index < -0.39 is 35.9 Å². The van der Waals surface area contributed by atoms with Crippen LogP contribution in [0.2, 0.25) is 0 Å². The molecule has 0 aliphatic carbocycles. The van der Waals surface area contributed by atoms with Gasteiger partial charge in [0.25, 0.3) is 0 Å². The van der Waals surface area contributed by atoms with Crippen molar-refractivity contribution >= 4 is 29.6 Å². The first kappa shape index (κ1) is 18.2. The Labute approximate surface area is 121 Å². The monoisotopic (exact) mass is 302 g/mol. The van der Waals surface area contributed by atoms with Crippen molar-refractivity contribution in [2.45, 2.75) is 38.8 Å². The number of carboxylic acids is 1. The summed E-state index contributed by atoms with van der Waals surface area (Å²) >= 11 is 1.06. The molecule has 8 heteroatoms. The molecule has 0 aromatic rings. The van der Waals surface area contributed by atoms with E-state index in [2.05, 4.69) is 5.32 Å². The number of aliphatic carboxylic acids is 1. The Kier molecular flexibility index (Phi) is 7.69. The summed E-state index contributed by atoms with van der Waals surface area (Å²) in [7, 11) is 0. The van der Waals surface area contributed by atoms with Gasteiger partial charge in [-0.15, -0.1) is 11.8 Å². The second kappa shape index (κ2) is 8.43. The van der Waals surface area contributed by atoms with Crippen LogP contribution in [0, 0.1) is 11.3 Å². The van der Waals surface area contributed by atoms with Gasteiger partial charge < -0.3 is 15.2 Å². The number of ether oxygens (including phenoxy) is 1. The van der Waals surface area contributed by atoms with Gasteiger partial charge in [0.15, 0.2) is 0 Å². The number of hydrogen-bond donors (Lipinski definition) is 2. The number of nitrogens with one attached hydrogen (secondary N) is 1. The molecule has 0 bridgehead atoms. The summed E-state index contributed by atoms with van der Waals surface area (Å²) in [5.74, 6) is -2.45. The van der Waals surface area contributed by atoms with Crippen molar-refractivity contribution in [3.05, 3.63) is 0 Å². The fourth-order valence-corrected chi connectivity index (χ4v) is 1.64. The molecule has 1 atom stereocenters. The van der Waals surface area contributed by atoms with Gasteiger partial charge in [0, 0.05) is 0 Å². The van der Waals surface area contributed by atoms with Crippen LogP contribution in [0.25, 0.3) is 0 Å². The number of thioether (sulfide) groups is 1. The largest absolute Gasteiger partial charge is 0.480 e. The molecule has 0 aliphatic heterocycles. The van der Waals surface area contributed by atoms with Crippen molar-refractivity contribution in [2.24, 2.45) is 0 Å². The highest BCUT2D eigenvalue weighted by Gasteiger charge is 2.26. The van der Waals surface area contributed by atoms with E-state index in [4.69, 9.17) is 15.1 Å². The third-order valence-electron chi connectivity index (χ3n) is 1.82. The lowest BCUT2D eigenvalue weighted by molar-refractivity contribution is -0.158. The second-order valence-electron chi connectivity index (χ2n) is 4.90. The number of carbonyl (C=O) groups is 3. The van der Waals surface area contributed by atoms with E-state index in [-0.39, 0.29) is 11.5 Å². The molecular formula is C12H18N2O5S. The number of hydrogen-bond acceptors (Lipinski definition) is 6. The SMILES string of the molecule is CC(C)(C)OC(=O)C[C@H](NC(=O)CSCC#N)C(=O)O. The third kappa shape index (κ3) is 9.22.